The number of nitro groups is 1. The van der Waals surface area contributed by atoms with Crippen molar-refractivity contribution < 1.29 is 14.8 Å². The van der Waals surface area contributed by atoms with Crippen LogP contribution in [0.15, 0.2) is 18.2 Å². The third-order valence-electron chi connectivity index (χ3n) is 2.44. The van der Waals surface area contributed by atoms with Crippen molar-refractivity contribution in [3.05, 3.63) is 38.9 Å². The van der Waals surface area contributed by atoms with Crippen LogP contribution in [0.1, 0.15) is 12.0 Å². The number of aliphatic hydroxyl groups excluding tert-OH is 1. The van der Waals surface area contributed by atoms with E-state index in [1.54, 1.807) is 12.1 Å². The van der Waals surface area contributed by atoms with Crippen molar-refractivity contribution in [3.63, 3.8) is 0 Å². The van der Waals surface area contributed by atoms with E-state index in [0.29, 0.717) is 36.9 Å². The van der Waals surface area contributed by atoms with Gasteiger partial charge in [0.2, 0.25) is 0 Å². The molecule has 0 bridgehead atoms. The molecule has 0 spiro atoms. The minimum Gasteiger partial charge on any atom is -0.394 e. The number of benzene rings is 1. The van der Waals surface area contributed by atoms with Crippen molar-refractivity contribution in [1.82, 2.24) is 5.32 Å². The topological polar surface area (TPSA) is 84.6 Å². The van der Waals surface area contributed by atoms with E-state index in [0.717, 1.165) is 6.42 Å². The molecule has 0 amide bonds. The van der Waals surface area contributed by atoms with Gasteiger partial charge in [0, 0.05) is 29.8 Å². The summed E-state index contributed by atoms with van der Waals surface area (Å²) >= 11 is 5.73. The highest BCUT2D eigenvalue weighted by Crippen LogP contribution is 2.22. The van der Waals surface area contributed by atoms with Gasteiger partial charge in [0.15, 0.2) is 0 Å². The van der Waals surface area contributed by atoms with Crippen LogP contribution in [0.25, 0.3) is 0 Å². The maximum absolute atomic E-state index is 10.9. The molecule has 19 heavy (non-hydrogen) atoms. The van der Waals surface area contributed by atoms with E-state index in [9.17, 15) is 10.1 Å². The average Bonchev–Trinajstić information content (AvgIpc) is 2.39. The van der Waals surface area contributed by atoms with Gasteiger partial charge in [0.25, 0.3) is 5.69 Å². The van der Waals surface area contributed by atoms with Crippen molar-refractivity contribution in [1.29, 1.82) is 0 Å². The maximum atomic E-state index is 10.9. The summed E-state index contributed by atoms with van der Waals surface area (Å²) in [5.74, 6) is 0. The second-order valence-electron chi connectivity index (χ2n) is 3.90. The summed E-state index contributed by atoms with van der Waals surface area (Å²) in [6, 6.07) is 4.63. The van der Waals surface area contributed by atoms with Gasteiger partial charge in [-0.15, -0.1) is 0 Å². The van der Waals surface area contributed by atoms with Gasteiger partial charge in [0.1, 0.15) is 0 Å². The summed E-state index contributed by atoms with van der Waals surface area (Å²) in [4.78, 5) is 10.4. The number of halogens is 1. The Morgan fingerprint density at radius 1 is 1.42 bits per heavy atom. The summed E-state index contributed by atoms with van der Waals surface area (Å²) in [5, 5.41) is 22.8. The molecule has 0 saturated heterocycles. The highest BCUT2D eigenvalue weighted by molar-refractivity contribution is 6.30. The van der Waals surface area contributed by atoms with Crippen LogP contribution in [0.2, 0.25) is 5.02 Å². The normalized spacial score (nSPS) is 10.6. The molecule has 0 atom stereocenters. The fourth-order valence-electron chi connectivity index (χ4n) is 1.55. The maximum Gasteiger partial charge on any atom is 0.275 e. The first-order valence-corrected chi connectivity index (χ1v) is 6.35. The van der Waals surface area contributed by atoms with Gasteiger partial charge >= 0.3 is 0 Å². The van der Waals surface area contributed by atoms with Gasteiger partial charge in [-0.3, -0.25) is 10.1 Å². The third kappa shape index (κ3) is 5.98. The van der Waals surface area contributed by atoms with Crippen molar-refractivity contribution in [2.24, 2.45) is 0 Å². The van der Waals surface area contributed by atoms with Crippen LogP contribution < -0.4 is 5.32 Å². The molecular formula is C12H17ClN2O4. The number of rotatable bonds is 9. The van der Waals surface area contributed by atoms with Gasteiger partial charge in [-0.05, 0) is 25.1 Å². The molecule has 0 aliphatic carbocycles. The molecule has 0 radical (unpaired) electrons. The van der Waals surface area contributed by atoms with E-state index in [1.807, 2.05) is 0 Å². The van der Waals surface area contributed by atoms with E-state index >= 15 is 0 Å². The summed E-state index contributed by atoms with van der Waals surface area (Å²) < 4.78 is 5.10. The van der Waals surface area contributed by atoms with E-state index in [2.05, 4.69) is 5.32 Å². The Bertz CT molecular complexity index is 415. The minimum absolute atomic E-state index is 0.0183. The van der Waals surface area contributed by atoms with Gasteiger partial charge in [-0.25, -0.2) is 0 Å². The Morgan fingerprint density at radius 3 is 2.89 bits per heavy atom. The van der Waals surface area contributed by atoms with Crippen molar-refractivity contribution in [2.45, 2.75) is 13.0 Å². The Hall–Kier alpha value is -1.21. The second-order valence-corrected chi connectivity index (χ2v) is 4.33. The van der Waals surface area contributed by atoms with E-state index in [4.69, 9.17) is 21.4 Å². The standard InChI is InChI=1S/C12H17ClN2O4/c13-11-3-2-10(12(8-11)15(17)18)9-14-4-1-6-19-7-5-16/h2-3,8,14,16H,1,4-7,9H2. The number of nitro benzene ring substituents is 1. The van der Waals surface area contributed by atoms with Crippen molar-refractivity contribution in [2.75, 3.05) is 26.4 Å². The zero-order valence-electron chi connectivity index (χ0n) is 10.5. The van der Waals surface area contributed by atoms with Crippen LogP contribution in [-0.2, 0) is 11.3 Å². The first-order chi connectivity index (χ1) is 9.15. The number of ether oxygens (including phenoxy) is 1. The predicted octanol–water partition coefficient (Wildman–Crippen LogP) is 1.74. The Balaban J connectivity index is 2.35. The summed E-state index contributed by atoms with van der Waals surface area (Å²) in [6.45, 7) is 2.00. The van der Waals surface area contributed by atoms with Crippen LogP contribution in [0.4, 0.5) is 5.69 Å². The lowest BCUT2D eigenvalue weighted by Crippen LogP contribution is -2.17. The van der Waals surface area contributed by atoms with E-state index < -0.39 is 4.92 Å². The second kappa shape index (κ2) is 8.82. The summed E-state index contributed by atoms with van der Waals surface area (Å²) in [5.41, 5.74) is 0.627. The van der Waals surface area contributed by atoms with Gasteiger partial charge in [-0.2, -0.15) is 0 Å². The monoisotopic (exact) mass is 288 g/mol. The fourth-order valence-corrected chi connectivity index (χ4v) is 1.71. The number of aliphatic hydroxyl groups is 1. The molecular weight excluding hydrogens is 272 g/mol. The number of hydrogen-bond donors (Lipinski definition) is 2. The van der Waals surface area contributed by atoms with Crippen LogP contribution in [0.5, 0.6) is 0 Å². The Morgan fingerprint density at radius 2 is 2.21 bits per heavy atom. The van der Waals surface area contributed by atoms with Crippen LogP contribution in [0.3, 0.4) is 0 Å². The molecule has 2 N–H and O–H groups in total. The fraction of sp³-hybridized carbons (Fsp3) is 0.500. The van der Waals surface area contributed by atoms with Crippen molar-refractivity contribution in [3.8, 4) is 0 Å². The lowest BCUT2D eigenvalue weighted by atomic mass is 10.2. The lowest BCUT2D eigenvalue weighted by molar-refractivity contribution is -0.385. The number of nitrogens with zero attached hydrogens (tertiary/aromatic N) is 1. The molecule has 0 aliphatic heterocycles. The predicted molar refractivity (Wildman–Crippen MR) is 72.3 cm³/mol. The largest absolute Gasteiger partial charge is 0.394 e. The Kier molecular flexibility index (Phi) is 7.35. The average molecular weight is 289 g/mol. The van der Waals surface area contributed by atoms with Gasteiger partial charge in [0.05, 0.1) is 18.1 Å². The number of hydrogen-bond acceptors (Lipinski definition) is 5. The van der Waals surface area contributed by atoms with E-state index in [1.165, 1.54) is 6.07 Å². The highest BCUT2D eigenvalue weighted by atomic mass is 35.5. The molecule has 1 aromatic carbocycles. The van der Waals surface area contributed by atoms with Crippen LogP contribution >= 0.6 is 11.6 Å². The first-order valence-electron chi connectivity index (χ1n) is 5.97. The van der Waals surface area contributed by atoms with Crippen LogP contribution in [0, 0.1) is 10.1 Å². The lowest BCUT2D eigenvalue weighted by Gasteiger charge is -2.06. The molecule has 0 heterocycles. The van der Waals surface area contributed by atoms with Gasteiger partial charge in [-0.1, -0.05) is 11.6 Å². The Labute approximate surface area is 116 Å². The van der Waals surface area contributed by atoms with E-state index in [-0.39, 0.29) is 12.3 Å². The zero-order valence-corrected chi connectivity index (χ0v) is 11.2. The van der Waals surface area contributed by atoms with Gasteiger partial charge < -0.3 is 15.2 Å². The molecule has 1 rings (SSSR count). The summed E-state index contributed by atoms with van der Waals surface area (Å²) in [6.07, 6.45) is 0.779. The quantitative estimate of drug-likeness (QED) is 0.411. The molecule has 0 aliphatic rings. The smallest absolute Gasteiger partial charge is 0.275 e. The molecule has 0 aromatic heterocycles. The molecule has 0 fully saturated rings. The number of nitrogens with one attached hydrogen (secondary N) is 1. The molecule has 0 unspecified atom stereocenters. The highest BCUT2D eigenvalue weighted by Gasteiger charge is 2.13. The zero-order chi connectivity index (χ0) is 14.1. The molecule has 7 heteroatoms. The molecule has 6 nitrogen and oxygen atoms in total. The first kappa shape index (κ1) is 15.8. The molecule has 1 aromatic rings. The minimum atomic E-state index is -0.437. The van der Waals surface area contributed by atoms with Crippen molar-refractivity contribution >= 4 is 17.3 Å². The SMILES string of the molecule is O=[N+]([O-])c1cc(Cl)ccc1CNCCCOCCO. The third-order valence-corrected chi connectivity index (χ3v) is 2.67. The molecule has 0 saturated carbocycles. The summed E-state index contributed by atoms with van der Waals surface area (Å²) in [7, 11) is 0. The molecule has 106 valence electrons. The van der Waals surface area contributed by atoms with Crippen LogP contribution in [-0.4, -0.2) is 36.4 Å².